The molecule has 1 aliphatic heterocycles. The fourth-order valence-electron chi connectivity index (χ4n) is 3.91. The summed E-state index contributed by atoms with van der Waals surface area (Å²) in [5, 5.41) is 21.0. The van der Waals surface area contributed by atoms with Crippen LogP contribution in [0, 0.1) is 36.5 Å². The standard InChI is InChI=1S/C26H25N7O/c1-18-15-21(7-6-12-27)16-19(2)23(18)34-26-31-24(29-22-10-8-20(17-28)9-11-22)30-25(32-26)33-13-4-3-5-14-33/h6-11,15-16H,3-5,13-14H2,1-2H3,(H,29,30,31,32). The molecule has 1 fully saturated rings. The molecule has 170 valence electrons. The summed E-state index contributed by atoms with van der Waals surface area (Å²) in [7, 11) is 0. The first kappa shape index (κ1) is 22.8. The Bertz CT molecular complexity index is 1260. The van der Waals surface area contributed by atoms with Gasteiger partial charge in [0, 0.05) is 24.9 Å². The predicted molar refractivity (Wildman–Crippen MR) is 131 cm³/mol. The van der Waals surface area contributed by atoms with Gasteiger partial charge in [-0.25, -0.2) is 0 Å². The third-order valence-electron chi connectivity index (χ3n) is 5.54. The minimum absolute atomic E-state index is 0.207. The van der Waals surface area contributed by atoms with E-state index in [9.17, 15) is 0 Å². The molecule has 0 saturated carbocycles. The number of nitrogens with one attached hydrogen (secondary N) is 1. The summed E-state index contributed by atoms with van der Waals surface area (Å²) in [6.45, 7) is 5.68. The quantitative estimate of drug-likeness (QED) is 0.494. The van der Waals surface area contributed by atoms with Crippen LogP contribution < -0.4 is 15.0 Å². The maximum absolute atomic E-state index is 9.04. The summed E-state index contributed by atoms with van der Waals surface area (Å²) in [6, 6.07) is 15.3. The molecule has 0 radical (unpaired) electrons. The summed E-state index contributed by atoms with van der Waals surface area (Å²) in [5.74, 6) is 1.62. The number of nitrogens with zero attached hydrogens (tertiary/aromatic N) is 6. The first-order valence-electron chi connectivity index (χ1n) is 11.2. The molecule has 0 atom stereocenters. The van der Waals surface area contributed by atoms with Crippen molar-refractivity contribution in [3.05, 3.63) is 64.7 Å². The molecule has 8 heteroatoms. The average molecular weight is 452 g/mol. The number of hydrogen-bond donors (Lipinski definition) is 1. The number of aromatic nitrogens is 3. The van der Waals surface area contributed by atoms with Crippen LogP contribution in [-0.4, -0.2) is 28.0 Å². The van der Waals surface area contributed by atoms with Crippen LogP contribution in [0.3, 0.4) is 0 Å². The minimum Gasteiger partial charge on any atom is -0.424 e. The number of anilines is 3. The second-order valence-electron chi connectivity index (χ2n) is 8.15. The number of nitriles is 2. The molecule has 1 aromatic heterocycles. The second-order valence-corrected chi connectivity index (χ2v) is 8.15. The SMILES string of the molecule is Cc1cc(C=CC#N)cc(C)c1Oc1nc(Nc2ccc(C#N)cc2)nc(N2CCCCC2)n1. The summed E-state index contributed by atoms with van der Waals surface area (Å²) in [5.41, 5.74) is 4.11. The van der Waals surface area contributed by atoms with Crippen LogP contribution in [0.5, 0.6) is 11.8 Å². The van der Waals surface area contributed by atoms with E-state index in [1.165, 1.54) is 12.5 Å². The highest BCUT2D eigenvalue weighted by molar-refractivity contribution is 5.59. The zero-order chi connectivity index (χ0) is 23.9. The van der Waals surface area contributed by atoms with Crippen LogP contribution >= 0.6 is 0 Å². The Morgan fingerprint density at radius 1 is 0.971 bits per heavy atom. The zero-order valence-electron chi connectivity index (χ0n) is 19.2. The molecular weight excluding hydrogens is 426 g/mol. The Morgan fingerprint density at radius 2 is 1.68 bits per heavy atom. The highest BCUT2D eigenvalue weighted by Crippen LogP contribution is 2.30. The molecule has 4 rings (SSSR count). The van der Waals surface area contributed by atoms with Gasteiger partial charge in [-0.2, -0.15) is 25.5 Å². The molecule has 0 unspecified atom stereocenters. The Hall–Kier alpha value is -4.43. The topological polar surface area (TPSA) is 111 Å². The molecule has 0 amide bonds. The molecule has 0 spiro atoms. The van der Waals surface area contributed by atoms with Crippen molar-refractivity contribution in [2.75, 3.05) is 23.3 Å². The fraction of sp³-hybridized carbons (Fsp3) is 0.269. The highest BCUT2D eigenvalue weighted by atomic mass is 16.5. The van der Waals surface area contributed by atoms with Gasteiger partial charge in [0.15, 0.2) is 0 Å². The van der Waals surface area contributed by atoms with Gasteiger partial charge >= 0.3 is 6.01 Å². The summed E-state index contributed by atoms with van der Waals surface area (Å²) < 4.78 is 6.18. The molecule has 8 nitrogen and oxygen atoms in total. The van der Waals surface area contributed by atoms with Crippen molar-refractivity contribution >= 4 is 23.7 Å². The van der Waals surface area contributed by atoms with E-state index in [1.54, 1.807) is 18.2 Å². The number of piperidine rings is 1. The van der Waals surface area contributed by atoms with E-state index in [2.05, 4.69) is 31.2 Å². The zero-order valence-corrected chi connectivity index (χ0v) is 19.2. The molecule has 1 aliphatic rings. The lowest BCUT2D eigenvalue weighted by atomic mass is 10.1. The van der Waals surface area contributed by atoms with E-state index in [-0.39, 0.29) is 6.01 Å². The van der Waals surface area contributed by atoms with Crippen LogP contribution in [-0.2, 0) is 0 Å². The van der Waals surface area contributed by atoms with Gasteiger partial charge in [-0.05, 0) is 92.3 Å². The summed E-state index contributed by atoms with van der Waals surface area (Å²) in [4.78, 5) is 15.9. The van der Waals surface area contributed by atoms with Crippen LogP contribution in [0.25, 0.3) is 6.08 Å². The van der Waals surface area contributed by atoms with Gasteiger partial charge in [-0.3, -0.25) is 0 Å². The first-order valence-corrected chi connectivity index (χ1v) is 11.2. The Balaban J connectivity index is 1.67. The fourth-order valence-corrected chi connectivity index (χ4v) is 3.91. The number of allylic oxidation sites excluding steroid dienone is 1. The van der Waals surface area contributed by atoms with Gasteiger partial charge in [0.25, 0.3) is 0 Å². The lowest BCUT2D eigenvalue weighted by Gasteiger charge is -2.27. The monoisotopic (exact) mass is 451 g/mol. The lowest BCUT2D eigenvalue weighted by Crippen LogP contribution is -2.31. The van der Waals surface area contributed by atoms with E-state index >= 15 is 0 Å². The second kappa shape index (κ2) is 10.5. The molecule has 2 heterocycles. The smallest absolute Gasteiger partial charge is 0.328 e. The van der Waals surface area contributed by atoms with Crippen LogP contribution in [0.1, 0.15) is 41.5 Å². The minimum atomic E-state index is 0.207. The third kappa shape index (κ3) is 5.48. The van der Waals surface area contributed by atoms with E-state index in [1.807, 2.05) is 44.2 Å². The Labute approximate surface area is 199 Å². The maximum Gasteiger partial charge on any atom is 0.328 e. The van der Waals surface area contributed by atoms with E-state index in [4.69, 9.17) is 15.3 Å². The van der Waals surface area contributed by atoms with E-state index in [0.717, 1.165) is 48.3 Å². The number of benzene rings is 2. The van der Waals surface area contributed by atoms with Gasteiger partial charge in [0.1, 0.15) is 5.75 Å². The molecule has 0 aliphatic carbocycles. The molecule has 2 aromatic carbocycles. The van der Waals surface area contributed by atoms with Crippen molar-refractivity contribution in [1.82, 2.24) is 15.0 Å². The van der Waals surface area contributed by atoms with Crippen molar-refractivity contribution in [1.29, 1.82) is 10.5 Å². The summed E-state index contributed by atoms with van der Waals surface area (Å²) >= 11 is 0. The molecule has 1 saturated heterocycles. The highest BCUT2D eigenvalue weighted by Gasteiger charge is 2.18. The third-order valence-corrected chi connectivity index (χ3v) is 5.54. The van der Waals surface area contributed by atoms with Gasteiger partial charge in [0.2, 0.25) is 11.9 Å². The summed E-state index contributed by atoms with van der Waals surface area (Å²) in [6.07, 6.45) is 6.60. The number of aryl methyl sites for hydroxylation is 2. The van der Waals surface area contributed by atoms with Gasteiger partial charge in [0.05, 0.1) is 17.7 Å². The van der Waals surface area contributed by atoms with Crippen LogP contribution in [0.4, 0.5) is 17.6 Å². The normalized spacial score (nSPS) is 13.4. The van der Waals surface area contributed by atoms with Crippen LogP contribution in [0.15, 0.2) is 42.5 Å². The van der Waals surface area contributed by atoms with Crippen molar-refractivity contribution in [2.45, 2.75) is 33.1 Å². The van der Waals surface area contributed by atoms with E-state index in [0.29, 0.717) is 23.2 Å². The number of ether oxygens (including phenoxy) is 1. The largest absolute Gasteiger partial charge is 0.424 e. The van der Waals surface area contributed by atoms with Crippen molar-refractivity contribution in [3.8, 4) is 23.9 Å². The molecule has 0 bridgehead atoms. The van der Waals surface area contributed by atoms with Crippen molar-refractivity contribution in [3.63, 3.8) is 0 Å². The maximum atomic E-state index is 9.04. The van der Waals surface area contributed by atoms with Crippen LogP contribution in [0.2, 0.25) is 0 Å². The Kier molecular flexibility index (Phi) is 7.00. The molecule has 3 aromatic rings. The van der Waals surface area contributed by atoms with Gasteiger partial charge in [-0.1, -0.05) is 0 Å². The average Bonchev–Trinajstić information content (AvgIpc) is 2.86. The van der Waals surface area contributed by atoms with E-state index < -0.39 is 0 Å². The number of rotatable bonds is 6. The van der Waals surface area contributed by atoms with Crippen molar-refractivity contribution < 1.29 is 4.74 Å². The van der Waals surface area contributed by atoms with Crippen molar-refractivity contribution in [2.24, 2.45) is 0 Å². The lowest BCUT2D eigenvalue weighted by molar-refractivity contribution is 0.432. The molecule has 34 heavy (non-hydrogen) atoms. The molecule has 1 N–H and O–H groups in total. The molecular formula is C26H25N7O. The predicted octanol–water partition coefficient (Wildman–Crippen LogP) is 5.42. The van der Waals surface area contributed by atoms with Gasteiger partial charge in [-0.15, -0.1) is 0 Å². The first-order chi connectivity index (χ1) is 16.6. The number of hydrogen-bond acceptors (Lipinski definition) is 8. The van der Waals surface area contributed by atoms with Gasteiger partial charge < -0.3 is 15.0 Å². The Morgan fingerprint density at radius 3 is 2.32 bits per heavy atom.